The molecule has 31 heavy (non-hydrogen) atoms. The zero-order valence-electron chi connectivity index (χ0n) is 17.1. The number of hydroxylamine groups is 1. The molecule has 0 aliphatic carbocycles. The highest BCUT2D eigenvalue weighted by Gasteiger charge is 2.07. The Labute approximate surface area is 180 Å². The number of hydrogen-bond donors (Lipinski definition) is 3. The highest BCUT2D eigenvalue weighted by molar-refractivity contribution is 5.90. The Morgan fingerprint density at radius 2 is 1.81 bits per heavy atom. The topological polar surface area (TPSA) is 87.2 Å². The first-order valence-electron chi connectivity index (χ1n) is 10.1. The molecule has 0 saturated carbocycles. The molecule has 4 rings (SSSR count). The van der Waals surface area contributed by atoms with Crippen molar-refractivity contribution >= 4 is 23.0 Å². The number of ether oxygens (including phenoxy) is 1. The van der Waals surface area contributed by atoms with Crippen LogP contribution in [-0.2, 0) is 11.2 Å². The van der Waals surface area contributed by atoms with Crippen LogP contribution in [0.5, 0.6) is 5.75 Å². The highest BCUT2D eigenvalue weighted by atomic mass is 16.5. The van der Waals surface area contributed by atoms with Crippen molar-refractivity contribution in [3.05, 3.63) is 89.8 Å². The highest BCUT2D eigenvalue weighted by Crippen LogP contribution is 2.26. The molecule has 1 heterocycles. The summed E-state index contributed by atoms with van der Waals surface area (Å²) in [5.74, 6) is 1.20. The summed E-state index contributed by atoms with van der Waals surface area (Å²) in [5, 5.41) is 8.53. The van der Waals surface area contributed by atoms with Crippen LogP contribution in [0.1, 0.15) is 23.9 Å². The normalized spacial score (nSPS) is 11.2. The Morgan fingerprint density at radius 3 is 2.52 bits per heavy atom. The standard InChI is InChI=1S/C25H23N3O3/c1-2-31-21-11-8-19(9-12-21)20-10-13-22-23(16-20)27-24(26-22)15-18-5-3-17(4-6-18)7-14-25(29)28-30/h3-14,16,30H,2,15H2,1H3,(H,26,27)(H,28,29). The van der Waals surface area contributed by atoms with Crippen LogP contribution in [0.4, 0.5) is 0 Å². The lowest BCUT2D eigenvalue weighted by atomic mass is 10.1. The molecule has 6 nitrogen and oxygen atoms in total. The fraction of sp³-hybridized carbons (Fsp3) is 0.120. The minimum absolute atomic E-state index is 0.559. The number of aromatic nitrogens is 2. The van der Waals surface area contributed by atoms with Gasteiger partial charge in [0.25, 0.3) is 5.91 Å². The van der Waals surface area contributed by atoms with E-state index >= 15 is 0 Å². The van der Waals surface area contributed by atoms with Crippen molar-refractivity contribution in [2.75, 3.05) is 6.61 Å². The molecule has 1 amide bonds. The molecule has 1 aromatic heterocycles. The minimum Gasteiger partial charge on any atom is -0.494 e. The number of fused-ring (bicyclic) bond motifs is 1. The van der Waals surface area contributed by atoms with Gasteiger partial charge in [0.15, 0.2) is 0 Å². The van der Waals surface area contributed by atoms with Crippen LogP contribution in [-0.4, -0.2) is 27.7 Å². The average Bonchev–Trinajstić information content (AvgIpc) is 3.20. The van der Waals surface area contributed by atoms with Crippen LogP contribution < -0.4 is 10.2 Å². The van der Waals surface area contributed by atoms with Crippen LogP contribution >= 0.6 is 0 Å². The fourth-order valence-electron chi connectivity index (χ4n) is 3.39. The molecule has 0 fully saturated rings. The molecule has 0 aliphatic heterocycles. The summed E-state index contributed by atoms with van der Waals surface area (Å²) in [5.41, 5.74) is 7.72. The van der Waals surface area contributed by atoms with Gasteiger partial charge in [0.1, 0.15) is 11.6 Å². The quantitative estimate of drug-likeness (QED) is 0.232. The molecular weight excluding hydrogens is 390 g/mol. The molecule has 0 atom stereocenters. The van der Waals surface area contributed by atoms with E-state index < -0.39 is 5.91 Å². The second kappa shape index (κ2) is 9.28. The number of amides is 1. The number of imidazole rings is 1. The van der Waals surface area contributed by atoms with Crippen molar-refractivity contribution in [1.82, 2.24) is 15.4 Å². The first-order valence-corrected chi connectivity index (χ1v) is 10.1. The van der Waals surface area contributed by atoms with Crippen molar-refractivity contribution in [1.29, 1.82) is 0 Å². The maximum Gasteiger partial charge on any atom is 0.267 e. The molecule has 0 spiro atoms. The van der Waals surface area contributed by atoms with Gasteiger partial charge in [0, 0.05) is 12.5 Å². The third-order valence-electron chi connectivity index (χ3n) is 4.92. The lowest BCUT2D eigenvalue weighted by molar-refractivity contribution is -0.124. The number of H-pyrrole nitrogens is 1. The van der Waals surface area contributed by atoms with Crippen molar-refractivity contribution in [2.45, 2.75) is 13.3 Å². The van der Waals surface area contributed by atoms with E-state index in [1.54, 1.807) is 11.6 Å². The summed E-state index contributed by atoms with van der Waals surface area (Å²) in [6, 6.07) is 22.1. The number of carbonyl (C=O) groups excluding carboxylic acids is 1. The Kier molecular flexibility index (Phi) is 6.10. The van der Waals surface area contributed by atoms with Crippen molar-refractivity contribution in [2.24, 2.45) is 0 Å². The predicted molar refractivity (Wildman–Crippen MR) is 121 cm³/mol. The van der Waals surface area contributed by atoms with E-state index in [2.05, 4.69) is 29.2 Å². The Hall–Kier alpha value is -3.90. The molecular formula is C25H23N3O3. The van der Waals surface area contributed by atoms with Gasteiger partial charge in [-0.15, -0.1) is 0 Å². The number of aromatic amines is 1. The van der Waals surface area contributed by atoms with E-state index in [9.17, 15) is 4.79 Å². The van der Waals surface area contributed by atoms with Gasteiger partial charge in [-0.1, -0.05) is 42.5 Å². The van der Waals surface area contributed by atoms with Crippen LogP contribution in [0.25, 0.3) is 28.2 Å². The van der Waals surface area contributed by atoms with Gasteiger partial charge in [-0.2, -0.15) is 0 Å². The summed E-state index contributed by atoms with van der Waals surface area (Å²) >= 11 is 0. The van der Waals surface area contributed by atoms with E-state index in [1.165, 1.54) is 6.08 Å². The second-order valence-electron chi connectivity index (χ2n) is 7.10. The summed E-state index contributed by atoms with van der Waals surface area (Å²) in [7, 11) is 0. The monoisotopic (exact) mass is 413 g/mol. The summed E-state index contributed by atoms with van der Waals surface area (Å²) < 4.78 is 5.52. The Bertz CT molecular complexity index is 1210. The molecule has 0 saturated heterocycles. The fourth-order valence-corrected chi connectivity index (χ4v) is 3.39. The van der Waals surface area contributed by atoms with Crippen LogP contribution in [0, 0.1) is 0 Å². The summed E-state index contributed by atoms with van der Waals surface area (Å²) in [4.78, 5) is 19.2. The Balaban J connectivity index is 1.49. The molecule has 3 N–H and O–H groups in total. The number of hydrogen-bond acceptors (Lipinski definition) is 4. The molecule has 6 heteroatoms. The lowest BCUT2D eigenvalue weighted by Crippen LogP contribution is -2.14. The van der Waals surface area contributed by atoms with Gasteiger partial charge < -0.3 is 9.72 Å². The van der Waals surface area contributed by atoms with Crippen LogP contribution in [0.15, 0.2) is 72.8 Å². The number of nitrogens with one attached hydrogen (secondary N) is 2. The maximum atomic E-state index is 11.1. The van der Waals surface area contributed by atoms with Gasteiger partial charge in [-0.25, -0.2) is 10.5 Å². The molecule has 0 radical (unpaired) electrons. The molecule has 4 aromatic rings. The number of nitrogens with zero attached hydrogens (tertiary/aromatic N) is 1. The van der Waals surface area contributed by atoms with Crippen LogP contribution in [0.3, 0.4) is 0 Å². The third-order valence-corrected chi connectivity index (χ3v) is 4.92. The first kappa shape index (κ1) is 20.4. The number of benzene rings is 3. The van der Waals surface area contributed by atoms with Crippen molar-refractivity contribution in [3.8, 4) is 16.9 Å². The second-order valence-corrected chi connectivity index (χ2v) is 7.10. The van der Waals surface area contributed by atoms with Gasteiger partial charge >= 0.3 is 0 Å². The first-order chi connectivity index (χ1) is 15.1. The minimum atomic E-state index is -0.559. The van der Waals surface area contributed by atoms with E-state index in [0.29, 0.717) is 13.0 Å². The van der Waals surface area contributed by atoms with E-state index in [4.69, 9.17) is 14.9 Å². The predicted octanol–water partition coefficient (Wildman–Crippen LogP) is 4.74. The van der Waals surface area contributed by atoms with Gasteiger partial charge in [0.05, 0.1) is 17.6 Å². The van der Waals surface area contributed by atoms with E-state index in [0.717, 1.165) is 44.9 Å². The molecule has 0 bridgehead atoms. The summed E-state index contributed by atoms with van der Waals surface area (Å²) in [6.07, 6.45) is 3.59. The lowest BCUT2D eigenvalue weighted by Gasteiger charge is -2.05. The zero-order chi connectivity index (χ0) is 21.6. The molecule has 3 aromatic carbocycles. The number of rotatable bonds is 7. The molecule has 156 valence electrons. The Morgan fingerprint density at radius 1 is 1.06 bits per heavy atom. The van der Waals surface area contributed by atoms with E-state index in [1.807, 2.05) is 49.4 Å². The smallest absolute Gasteiger partial charge is 0.267 e. The van der Waals surface area contributed by atoms with Crippen molar-refractivity contribution in [3.63, 3.8) is 0 Å². The SMILES string of the molecule is CCOc1ccc(-c2ccc3nc(Cc4ccc(C=CC(=O)NO)cc4)[nH]c3c2)cc1. The average molecular weight is 413 g/mol. The summed E-state index contributed by atoms with van der Waals surface area (Å²) in [6.45, 7) is 2.63. The number of carbonyl (C=O) groups is 1. The van der Waals surface area contributed by atoms with Crippen LogP contribution in [0.2, 0.25) is 0 Å². The maximum absolute atomic E-state index is 11.1. The van der Waals surface area contributed by atoms with Gasteiger partial charge in [-0.05, 0) is 59.5 Å². The zero-order valence-corrected chi connectivity index (χ0v) is 17.1. The largest absolute Gasteiger partial charge is 0.494 e. The molecule has 0 aliphatic rings. The van der Waals surface area contributed by atoms with Gasteiger partial charge in [-0.3, -0.25) is 10.0 Å². The van der Waals surface area contributed by atoms with Crippen molar-refractivity contribution < 1.29 is 14.7 Å². The van der Waals surface area contributed by atoms with E-state index in [-0.39, 0.29) is 0 Å². The van der Waals surface area contributed by atoms with Gasteiger partial charge in [0.2, 0.25) is 0 Å². The third kappa shape index (κ3) is 4.99. The molecule has 0 unspecified atom stereocenters.